The van der Waals surface area contributed by atoms with E-state index in [1.54, 1.807) is 24.3 Å². The maximum Gasteiger partial charge on any atom is 0.264 e. The molecule has 1 fully saturated rings. The molecular weight excluding hydrogens is 344 g/mol. The Hall–Kier alpha value is -2.65. The minimum absolute atomic E-state index is 0.0306. The molecule has 0 atom stereocenters. The van der Waals surface area contributed by atoms with E-state index >= 15 is 0 Å². The van der Waals surface area contributed by atoms with Crippen molar-refractivity contribution in [2.24, 2.45) is 0 Å². The number of morpholine rings is 1. The molecule has 130 valence electrons. The first kappa shape index (κ1) is 15.9. The van der Waals surface area contributed by atoms with Gasteiger partial charge in [-0.1, -0.05) is 18.2 Å². The zero-order valence-corrected chi connectivity index (χ0v) is 14.1. The van der Waals surface area contributed by atoms with E-state index in [1.807, 2.05) is 12.1 Å². The third kappa shape index (κ3) is 3.03. The van der Waals surface area contributed by atoms with E-state index in [2.05, 4.69) is 24.6 Å². The molecule has 0 amide bonds. The highest BCUT2D eigenvalue weighted by molar-refractivity contribution is 7.93. The first-order chi connectivity index (χ1) is 12.1. The van der Waals surface area contributed by atoms with Crippen molar-refractivity contribution in [2.45, 2.75) is 4.90 Å². The van der Waals surface area contributed by atoms with Crippen LogP contribution in [0.1, 0.15) is 0 Å². The Morgan fingerprint density at radius 2 is 1.80 bits per heavy atom. The summed E-state index contributed by atoms with van der Waals surface area (Å²) in [5, 5.41) is 7.40. The van der Waals surface area contributed by atoms with Crippen molar-refractivity contribution in [1.82, 2.24) is 10.3 Å². The standard InChI is InChI=1S/C16H16N4O4S/c21-25(22,15-7-3-5-13-16(15)18-24-17-13)19-12-4-1-2-6-14(12)20-8-10-23-11-9-20/h1-7,19H,8-11H2. The summed E-state index contributed by atoms with van der Waals surface area (Å²) in [6, 6.07) is 12.0. The lowest BCUT2D eigenvalue weighted by molar-refractivity contribution is 0.123. The van der Waals surface area contributed by atoms with Gasteiger partial charge in [0.05, 0.1) is 24.6 Å². The number of para-hydroxylation sites is 2. The van der Waals surface area contributed by atoms with Crippen LogP contribution in [0.2, 0.25) is 0 Å². The SMILES string of the molecule is O=S(=O)(Nc1ccccc1N1CCOCC1)c1cccc2nonc12. The van der Waals surface area contributed by atoms with E-state index in [1.165, 1.54) is 6.07 Å². The average Bonchev–Trinajstić information content (AvgIpc) is 3.11. The van der Waals surface area contributed by atoms with Gasteiger partial charge in [-0.2, -0.15) is 0 Å². The molecule has 3 aromatic rings. The Kier molecular flexibility index (Phi) is 4.02. The third-order valence-electron chi connectivity index (χ3n) is 4.04. The van der Waals surface area contributed by atoms with Crippen LogP contribution in [0.25, 0.3) is 11.0 Å². The highest BCUT2D eigenvalue weighted by Gasteiger charge is 2.23. The van der Waals surface area contributed by atoms with Crippen LogP contribution in [0.5, 0.6) is 0 Å². The monoisotopic (exact) mass is 360 g/mol. The summed E-state index contributed by atoms with van der Waals surface area (Å²) in [6.45, 7) is 2.65. The molecular formula is C16H16N4O4S. The van der Waals surface area contributed by atoms with Gasteiger partial charge in [0.1, 0.15) is 10.4 Å². The Morgan fingerprint density at radius 1 is 1.00 bits per heavy atom. The van der Waals surface area contributed by atoms with Crippen LogP contribution in [-0.4, -0.2) is 45.0 Å². The van der Waals surface area contributed by atoms with Crippen molar-refractivity contribution in [1.29, 1.82) is 0 Å². The van der Waals surface area contributed by atoms with Crippen LogP contribution in [0.15, 0.2) is 52.0 Å². The summed E-state index contributed by atoms with van der Waals surface area (Å²) in [6.07, 6.45) is 0. The molecule has 0 aliphatic carbocycles. The summed E-state index contributed by atoms with van der Waals surface area (Å²) < 4.78 is 38.5. The molecule has 0 radical (unpaired) electrons. The molecule has 0 bridgehead atoms. The predicted octanol–water partition coefficient (Wildman–Crippen LogP) is 1.86. The fourth-order valence-electron chi connectivity index (χ4n) is 2.84. The second-order valence-electron chi connectivity index (χ2n) is 5.61. The Bertz CT molecular complexity index is 996. The number of aromatic nitrogens is 2. The summed E-state index contributed by atoms with van der Waals surface area (Å²) >= 11 is 0. The molecule has 2 heterocycles. The van der Waals surface area contributed by atoms with Gasteiger partial charge >= 0.3 is 0 Å². The van der Waals surface area contributed by atoms with Crippen molar-refractivity contribution in [3.05, 3.63) is 42.5 Å². The number of nitrogens with zero attached hydrogens (tertiary/aromatic N) is 3. The molecule has 2 aromatic carbocycles. The van der Waals surface area contributed by atoms with Crippen LogP contribution >= 0.6 is 0 Å². The van der Waals surface area contributed by atoms with E-state index in [9.17, 15) is 8.42 Å². The van der Waals surface area contributed by atoms with Crippen molar-refractivity contribution in [2.75, 3.05) is 35.9 Å². The van der Waals surface area contributed by atoms with E-state index in [4.69, 9.17) is 4.74 Å². The Morgan fingerprint density at radius 3 is 2.64 bits per heavy atom. The first-order valence-electron chi connectivity index (χ1n) is 7.81. The van der Waals surface area contributed by atoms with Gasteiger partial charge in [0.2, 0.25) is 0 Å². The highest BCUT2D eigenvalue weighted by Crippen LogP contribution is 2.29. The van der Waals surface area contributed by atoms with Crippen molar-refractivity contribution in [3.8, 4) is 0 Å². The summed E-state index contributed by atoms with van der Waals surface area (Å²) in [7, 11) is -3.84. The number of ether oxygens (including phenoxy) is 1. The molecule has 25 heavy (non-hydrogen) atoms. The fraction of sp³-hybridized carbons (Fsp3) is 0.250. The molecule has 1 saturated heterocycles. The quantitative estimate of drug-likeness (QED) is 0.758. The molecule has 8 nitrogen and oxygen atoms in total. The number of sulfonamides is 1. The van der Waals surface area contributed by atoms with Gasteiger partial charge in [0.25, 0.3) is 10.0 Å². The first-order valence-corrected chi connectivity index (χ1v) is 9.29. The lowest BCUT2D eigenvalue weighted by Gasteiger charge is -2.30. The number of nitrogens with one attached hydrogen (secondary N) is 1. The lowest BCUT2D eigenvalue weighted by Crippen LogP contribution is -2.36. The van der Waals surface area contributed by atoms with Crippen molar-refractivity contribution < 1.29 is 17.8 Å². The summed E-state index contributed by atoms with van der Waals surface area (Å²) in [4.78, 5) is 2.13. The van der Waals surface area contributed by atoms with Crippen LogP contribution in [0.3, 0.4) is 0 Å². The van der Waals surface area contributed by atoms with Crippen LogP contribution in [0, 0.1) is 0 Å². The number of hydrogen-bond acceptors (Lipinski definition) is 7. The minimum Gasteiger partial charge on any atom is -0.378 e. The molecule has 4 rings (SSSR count). The average molecular weight is 360 g/mol. The molecule has 1 N–H and O–H groups in total. The molecule has 1 aliphatic rings. The smallest absolute Gasteiger partial charge is 0.264 e. The number of hydrogen-bond donors (Lipinski definition) is 1. The van der Waals surface area contributed by atoms with Gasteiger partial charge in [-0.3, -0.25) is 4.72 Å². The molecule has 1 aromatic heterocycles. The van der Waals surface area contributed by atoms with Gasteiger partial charge in [-0.05, 0) is 34.6 Å². The van der Waals surface area contributed by atoms with Gasteiger partial charge in [0, 0.05) is 13.1 Å². The van der Waals surface area contributed by atoms with E-state index in [0.717, 1.165) is 5.69 Å². The van der Waals surface area contributed by atoms with Crippen LogP contribution in [0.4, 0.5) is 11.4 Å². The lowest BCUT2D eigenvalue weighted by atomic mass is 10.2. The summed E-state index contributed by atoms with van der Waals surface area (Å²) in [5.41, 5.74) is 1.93. The molecule has 0 saturated carbocycles. The van der Waals surface area contributed by atoms with Crippen molar-refractivity contribution in [3.63, 3.8) is 0 Å². The molecule has 0 unspecified atom stereocenters. The van der Waals surface area contributed by atoms with Crippen LogP contribution in [-0.2, 0) is 14.8 Å². The fourth-order valence-corrected chi connectivity index (χ4v) is 4.06. The Balaban J connectivity index is 1.71. The number of anilines is 2. The van der Waals surface area contributed by atoms with Gasteiger partial charge in [-0.25, -0.2) is 13.0 Å². The molecule has 0 spiro atoms. The minimum atomic E-state index is -3.84. The summed E-state index contributed by atoms with van der Waals surface area (Å²) in [5.74, 6) is 0. The van der Waals surface area contributed by atoms with Gasteiger partial charge < -0.3 is 9.64 Å². The van der Waals surface area contributed by atoms with E-state index < -0.39 is 10.0 Å². The Labute approximate surface area is 144 Å². The maximum absolute atomic E-state index is 12.9. The molecule has 9 heteroatoms. The normalized spacial score (nSPS) is 15.4. The van der Waals surface area contributed by atoms with Crippen molar-refractivity contribution >= 4 is 32.4 Å². The molecule has 1 aliphatic heterocycles. The number of rotatable bonds is 4. The maximum atomic E-state index is 12.9. The topological polar surface area (TPSA) is 97.6 Å². The van der Waals surface area contributed by atoms with E-state index in [-0.39, 0.29) is 10.4 Å². The number of benzene rings is 2. The van der Waals surface area contributed by atoms with Gasteiger partial charge in [0.15, 0.2) is 5.52 Å². The van der Waals surface area contributed by atoms with Gasteiger partial charge in [-0.15, -0.1) is 0 Å². The van der Waals surface area contributed by atoms with Crippen LogP contribution < -0.4 is 9.62 Å². The zero-order valence-electron chi connectivity index (χ0n) is 13.3. The van der Waals surface area contributed by atoms with E-state index in [0.29, 0.717) is 37.5 Å². The predicted molar refractivity (Wildman–Crippen MR) is 92.1 cm³/mol. The second-order valence-corrected chi connectivity index (χ2v) is 7.26. The number of fused-ring (bicyclic) bond motifs is 1. The second kappa shape index (κ2) is 6.34. The third-order valence-corrected chi connectivity index (χ3v) is 5.44. The zero-order chi connectivity index (χ0) is 17.3. The largest absolute Gasteiger partial charge is 0.378 e. The highest BCUT2D eigenvalue weighted by atomic mass is 32.2.